The summed E-state index contributed by atoms with van der Waals surface area (Å²) in [5.41, 5.74) is 0.255. The van der Waals surface area contributed by atoms with Crippen molar-refractivity contribution in [3.8, 4) is 0 Å². The van der Waals surface area contributed by atoms with Gasteiger partial charge >= 0.3 is 0 Å². The predicted molar refractivity (Wildman–Crippen MR) is 57.9 cm³/mol. The molecule has 0 saturated heterocycles. The topological polar surface area (TPSA) is 62.2 Å². The summed E-state index contributed by atoms with van der Waals surface area (Å²) in [7, 11) is 0. The Morgan fingerprint density at radius 2 is 2.40 bits per heavy atom. The molecule has 0 spiro atoms. The van der Waals surface area contributed by atoms with Crippen LogP contribution in [0.3, 0.4) is 0 Å². The molecule has 1 atom stereocenters. The van der Waals surface area contributed by atoms with Gasteiger partial charge in [-0.05, 0) is 18.6 Å². The molecule has 82 valence electrons. The maximum Gasteiger partial charge on any atom is 0.270 e. The first kappa shape index (κ1) is 11.9. The van der Waals surface area contributed by atoms with Crippen LogP contribution < -0.4 is 5.32 Å². The van der Waals surface area contributed by atoms with Crippen LogP contribution in [0.25, 0.3) is 0 Å². The third-order valence-electron chi connectivity index (χ3n) is 1.92. The summed E-state index contributed by atoms with van der Waals surface area (Å²) < 4.78 is 0. The van der Waals surface area contributed by atoms with Crippen LogP contribution in [0.2, 0.25) is 5.15 Å². The number of carbonyl (C=O) groups is 1. The van der Waals surface area contributed by atoms with Crippen LogP contribution in [0.5, 0.6) is 0 Å². The lowest BCUT2D eigenvalue weighted by molar-refractivity contribution is 0.0909. The van der Waals surface area contributed by atoms with Crippen LogP contribution >= 0.6 is 11.6 Å². The highest BCUT2D eigenvalue weighted by Crippen LogP contribution is 2.04. The second kappa shape index (κ2) is 5.68. The van der Waals surface area contributed by atoms with Gasteiger partial charge in [0.05, 0.1) is 6.10 Å². The molecule has 1 unspecified atom stereocenters. The second-order valence-corrected chi connectivity index (χ2v) is 3.50. The molecule has 1 heterocycles. The summed E-state index contributed by atoms with van der Waals surface area (Å²) in [4.78, 5) is 15.3. The van der Waals surface area contributed by atoms with Crippen molar-refractivity contribution in [1.29, 1.82) is 0 Å². The molecule has 0 bridgehead atoms. The van der Waals surface area contributed by atoms with Crippen molar-refractivity contribution in [2.45, 2.75) is 19.4 Å². The van der Waals surface area contributed by atoms with E-state index in [-0.39, 0.29) is 23.3 Å². The maximum atomic E-state index is 11.5. The van der Waals surface area contributed by atoms with E-state index in [1.165, 1.54) is 0 Å². The summed E-state index contributed by atoms with van der Waals surface area (Å²) in [6, 6.07) is 4.82. The van der Waals surface area contributed by atoms with Crippen molar-refractivity contribution in [2.75, 3.05) is 6.54 Å². The highest BCUT2D eigenvalue weighted by Gasteiger charge is 2.08. The fourth-order valence-electron chi connectivity index (χ4n) is 0.980. The maximum absolute atomic E-state index is 11.5. The molecule has 1 aromatic rings. The molecule has 0 aromatic carbocycles. The van der Waals surface area contributed by atoms with E-state index in [4.69, 9.17) is 11.6 Å². The normalized spacial score (nSPS) is 12.2. The van der Waals surface area contributed by atoms with Gasteiger partial charge in [0.15, 0.2) is 0 Å². The van der Waals surface area contributed by atoms with Crippen molar-refractivity contribution in [3.05, 3.63) is 29.0 Å². The summed E-state index contributed by atoms with van der Waals surface area (Å²) in [6.07, 6.45) is 0.0802. The van der Waals surface area contributed by atoms with E-state index in [2.05, 4.69) is 10.3 Å². The second-order valence-electron chi connectivity index (χ2n) is 3.12. The number of pyridine rings is 1. The van der Waals surface area contributed by atoms with E-state index in [0.717, 1.165) is 0 Å². The number of nitrogens with zero attached hydrogens (tertiary/aromatic N) is 1. The standard InChI is InChI=1S/C10H13ClN2O2/c1-2-7(14)6-12-10(15)8-4-3-5-9(11)13-8/h3-5,7,14H,2,6H2,1H3,(H,12,15). The lowest BCUT2D eigenvalue weighted by Crippen LogP contribution is -2.32. The molecule has 0 aliphatic carbocycles. The summed E-state index contributed by atoms with van der Waals surface area (Å²) in [5, 5.41) is 12.1. The van der Waals surface area contributed by atoms with E-state index >= 15 is 0 Å². The minimum absolute atomic E-state index is 0.226. The molecule has 5 heteroatoms. The van der Waals surface area contributed by atoms with Crippen molar-refractivity contribution in [1.82, 2.24) is 10.3 Å². The van der Waals surface area contributed by atoms with Crippen LogP contribution in [0.15, 0.2) is 18.2 Å². The summed E-state index contributed by atoms with van der Waals surface area (Å²) in [5.74, 6) is -0.329. The Bertz CT molecular complexity index is 344. The zero-order valence-corrected chi connectivity index (χ0v) is 9.16. The van der Waals surface area contributed by atoms with Crippen LogP contribution in [-0.2, 0) is 0 Å². The zero-order valence-electron chi connectivity index (χ0n) is 8.40. The third kappa shape index (κ3) is 3.85. The number of hydrogen-bond acceptors (Lipinski definition) is 3. The average molecular weight is 229 g/mol. The number of hydrogen-bond donors (Lipinski definition) is 2. The molecule has 0 radical (unpaired) electrons. The number of aromatic nitrogens is 1. The molecule has 0 aliphatic heterocycles. The monoisotopic (exact) mass is 228 g/mol. The zero-order chi connectivity index (χ0) is 11.3. The Hall–Kier alpha value is -1.13. The van der Waals surface area contributed by atoms with E-state index < -0.39 is 6.10 Å². The van der Waals surface area contributed by atoms with Gasteiger partial charge in [0.1, 0.15) is 10.8 Å². The molecule has 1 aromatic heterocycles. The molecule has 4 nitrogen and oxygen atoms in total. The first-order chi connectivity index (χ1) is 7.13. The average Bonchev–Trinajstić information content (AvgIpc) is 2.25. The van der Waals surface area contributed by atoms with Gasteiger partial charge in [0.25, 0.3) is 5.91 Å². The lowest BCUT2D eigenvalue weighted by Gasteiger charge is -2.08. The van der Waals surface area contributed by atoms with Crippen molar-refractivity contribution < 1.29 is 9.90 Å². The third-order valence-corrected chi connectivity index (χ3v) is 2.13. The van der Waals surface area contributed by atoms with Gasteiger partial charge in [0, 0.05) is 6.54 Å². The molecular formula is C10H13ClN2O2. The molecular weight excluding hydrogens is 216 g/mol. The molecule has 0 fully saturated rings. The van der Waals surface area contributed by atoms with Crippen LogP contribution in [-0.4, -0.2) is 28.6 Å². The van der Waals surface area contributed by atoms with Gasteiger partial charge in [-0.2, -0.15) is 0 Å². The Balaban J connectivity index is 2.54. The fraction of sp³-hybridized carbons (Fsp3) is 0.400. The van der Waals surface area contributed by atoms with Crippen LogP contribution in [0.4, 0.5) is 0 Å². The molecule has 1 amide bonds. The highest BCUT2D eigenvalue weighted by atomic mass is 35.5. The van der Waals surface area contributed by atoms with Crippen molar-refractivity contribution in [3.63, 3.8) is 0 Å². The number of rotatable bonds is 4. The van der Waals surface area contributed by atoms with Crippen LogP contribution in [0, 0.1) is 0 Å². The number of aliphatic hydroxyl groups is 1. The largest absolute Gasteiger partial charge is 0.391 e. The molecule has 2 N–H and O–H groups in total. The Morgan fingerprint density at radius 1 is 1.67 bits per heavy atom. The minimum Gasteiger partial charge on any atom is -0.391 e. The molecule has 0 saturated carbocycles. The summed E-state index contributed by atoms with van der Waals surface area (Å²) >= 11 is 5.64. The van der Waals surface area contributed by atoms with Gasteiger partial charge in [-0.15, -0.1) is 0 Å². The minimum atomic E-state index is -0.520. The van der Waals surface area contributed by atoms with Gasteiger partial charge in [-0.25, -0.2) is 4.98 Å². The van der Waals surface area contributed by atoms with Gasteiger partial charge in [0.2, 0.25) is 0 Å². The van der Waals surface area contributed by atoms with E-state index in [1.54, 1.807) is 18.2 Å². The molecule has 1 rings (SSSR count). The quantitative estimate of drug-likeness (QED) is 0.763. The van der Waals surface area contributed by atoms with E-state index in [1.807, 2.05) is 6.92 Å². The number of aliphatic hydroxyl groups excluding tert-OH is 1. The van der Waals surface area contributed by atoms with E-state index in [9.17, 15) is 9.90 Å². The number of amides is 1. The van der Waals surface area contributed by atoms with E-state index in [0.29, 0.717) is 6.42 Å². The smallest absolute Gasteiger partial charge is 0.270 e. The number of nitrogens with one attached hydrogen (secondary N) is 1. The van der Waals surface area contributed by atoms with Crippen LogP contribution in [0.1, 0.15) is 23.8 Å². The van der Waals surface area contributed by atoms with Crippen molar-refractivity contribution >= 4 is 17.5 Å². The first-order valence-corrected chi connectivity index (χ1v) is 5.10. The summed E-state index contributed by atoms with van der Waals surface area (Å²) in [6.45, 7) is 2.07. The number of halogens is 1. The first-order valence-electron chi connectivity index (χ1n) is 4.72. The Morgan fingerprint density at radius 3 is 3.00 bits per heavy atom. The number of carbonyl (C=O) groups excluding carboxylic acids is 1. The van der Waals surface area contributed by atoms with Gasteiger partial charge in [-0.1, -0.05) is 24.6 Å². The Labute approximate surface area is 93.3 Å². The lowest BCUT2D eigenvalue weighted by atomic mass is 10.2. The van der Waals surface area contributed by atoms with Gasteiger partial charge in [-0.3, -0.25) is 4.79 Å². The molecule has 0 aliphatic rings. The van der Waals surface area contributed by atoms with Gasteiger partial charge < -0.3 is 10.4 Å². The van der Waals surface area contributed by atoms with Crippen molar-refractivity contribution in [2.24, 2.45) is 0 Å². The SMILES string of the molecule is CCC(O)CNC(=O)c1cccc(Cl)n1. The fourth-order valence-corrected chi connectivity index (χ4v) is 1.14. The molecule has 15 heavy (non-hydrogen) atoms. The highest BCUT2D eigenvalue weighted by molar-refractivity contribution is 6.29. The predicted octanol–water partition coefficient (Wildman–Crippen LogP) is 1.24. The Kier molecular flexibility index (Phi) is 4.52.